The Hall–Kier alpha value is -1.55. The number of benzene rings is 1. The number of likely N-dealkylation sites (N-methyl/N-ethyl adjacent to an activating group) is 1. The second-order valence-corrected chi connectivity index (χ2v) is 5.39. The van der Waals surface area contributed by atoms with E-state index in [0.29, 0.717) is 6.54 Å². The molecular weight excluding hydrogens is 238 g/mol. The largest absolute Gasteiger partial charge is 0.369 e. The molecule has 104 valence electrons. The maximum absolute atomic E-state index is 11.7. The van der Waals surface area contributed by atoms with Crippen LogP contribution in [0.2, 0.25) is 0 Å². The molecule has 0 atom stereocenters. The van der Waals surface area contributed by atoms with E-state index >= 15 is 0 Å². The first-order valence-electron chi connectivity index (χ1n) is 6.80. The van der Waals surface area contributed by atoms with Gasteiger partial charge in [-0.2, -0.15) is 0 Å². The van der Waals surface area contributed by atoms with Crippen LogP contribution in [0, 0.1) is 6.92 Å². The van der Waals surface area contributed by atoms with Crippen molar-refractivity contribution in [2.75, 3.05) is 51.7 Å². The number of nitrogens with zero attached hydrogens (tertiary/aromatic N) is 3. The van der Waals surface area contributed by atoms with Gasteiger partial charge in [0, 0.05) is 46.0 Å². The zero-order chi connectivity index (χ0) is 13.8. The summed E-state index contributed by atoms with van der Waals surface area (Å²) in [5.74, 6) is 0.184. The lowest BCUT2D eigenvalue weighted by molar-refractivity contribution is -0.129. The van der Waals surface area contributed by atoms with E-state index in [9.17, 15) is 4.79 Å². The Morgan fingerprint density at radius 2 is 1.89 bits per heavy atom. The van der Waals surface area contributed by atoms with Crippen molar-refractivity contribution in [3.8, 4) is 0 Å². The van der Waals surface area contributed by atoms with E-state index in [1.807, 2.05) is 14.1 Å². The van der Waals surface area contributed by atoms with Gasteiger partial charge < -0.3 is 9.80 Å². The number of carbonyl (C=O) groups excluding carboxylic acids is 1. The molecule has 0 aromatic heterocycles. The minimum Gasteiger partial charge on any atom is -0.369 e. The van der Waals surface area contributed by atoms with Crippen molar-refractivity contribution >= 4 is 11.6 Å². The average Bonchev–Trinajstić information content (AvgIpc) is 2.39. The van der Waals surface area contributed by atoms with E-state index in [1.165, 1.54) is 11.3 Å². The molecule has 19 heavy (non-hydrogen) atoms. The van der Waals surface area contributed by atoms with Gasteiger partial charge in [0.2, 0.25) is 5.91 Å². The Labute approximate surface area is 115 Å². The number of aryl methyl sites for hydroxylation is 1. The van der Waals surface area contributed by atoms with E-state index in [2.05, 4.69) is 41.0 Å². The average molecular weight is 261 g/mol. The van der Waals surface area contributed by atoms with Crippen LogP contribution in [-0.4, -0.2) is 62.5 Å². The van der Waals surface area contributed by atoms with Gasteiger partial charge in [0.15, 0.2) is 0 Å². The molecule has 1 aromatic rings. The highest BCUT2D eigenvalue weighted by Gasteiger charge is 2.19. The van der Waals surface area contributed by atoms with Crippen molar-refractivity contribution in [2.45, 2.75) is 6.92 Å². The number of hydrogen-bond donors (Lipinski definition) is 0. The van der Waals surface area contributed by atoms with Crippen LogP contribution in [0.4, 0.5) is 5.69 Å². The van der Waals surface area contributed by atoms with Crippen molar-refractivity contribution in [2.24, 2.45) is 0 Å². The van der Waals surface area contributed by atoms with Gasteiger partial charge in [-0.1, -0.05) is 12.1 Å². The highest BCUT2D eigenvalue weighted by atomic mass is 16.2. The predicted molar refractivity (Wildman–Crippen MR) is 78.5 cm³/mol. The molecule has 0 bridgehead atoms. The van der Waals surface area contributed by atoms with Crippen LogP contribution in [0.3, 0.4) is 0 Å². The molecule has 1 heterocycles. The minimum atomic E-state index is 0.184. The fourth-order valence-electron chi connectivity index (χ4n) is 2.32. The van der Waals surface area contributed by atoms with Crippen LogP contribution >= 0.6 is 0 Å². The van der Waals surface area contributed by atoms with Crippen LogP contribution in [0.1, 0.15) is 5.56 Å². The third kappa shape index (κ3) is 3.70. The van der Waals surface area contributed by atoms with Crippen LogP contribution in [0.15, 0.2) is 24.3 Å². The lowest BCUT2D eigenvalue weighted by Gasteiger charge is -2.36. The standard InChI is InChI=1S/C15H23N3O/c1-13-5-4-6-14(11-13)18-9-7-17(8-10-18)12-15(19)16(2)3/h4-6,11H,7-10,12H2,1-3H3. The van der Waals surface area contributed by atoms with Crippen LogP contribution in [0.5, 0.6) is 0 Å². The molecule has 1 fully saturated rings. The summed E-state index contributed by atoms with van der Waals surface area (Å²) in [6, 6.07) is 8.61. The van der Waals surface area contributed by atoms with Crippen molar-refractivity contribution in [1.82, 2.24) is 9.80 Å². The van der Waals surface area contributed by atoms with Gasteiger partial charge >= 0.3 is 0 Å². The molecule has 2 rings (SSSR count). The van der Waals surface area contributed by atoms with Crippen LogP contribution in [-0.2, 0) is 4.79 Å². The van der Waals surface area contributed by atoms with Gasteiger partial charge in [-0.15, -0.1) is 0 Å². The minimum absolute atomic E-state index is 0.184. The summed E-state index contributed by atoms with van der Waals surface area (Å²) >= 11 is 0. The summed E-state index contributed by atoms with van der Waals surface area (Å²) in [6.07, 6.45) is 0. The smallest absolute Gasteiger partial charge is 0.236 e. The molecule has 1 aromatic carbocycles. The SMILES string of the molecule is Cc1cccc(N2CCN(CC(=O)N(C)C)CC2)c1. The normalized spacial score (nSPS) is 16.5. The first-order chi connectivity index (χ1) is 9.06. The molecule has 1 aliphatic rings. The topological polar surface area (TPSA) is 26.8 Å². The molecule has 0 unspecified atom stereocenters. The van der Waals surface area contributed by atoms with E-state index in [-0.39, 0.29) is 5.91 Å². The van der Waals surface area contributed by atoms with Gasteiger partial charge in [-0.25, -0.2) is 0 Å². The van der Waals surface area contributed by atoms with Gasteiger partial charge in [0.05, 0.1) is 6.54 Å². The van der Waals surface area contributed by atoms with Gasteiger partial charge in [0.25, 0.3) is 0 Å². The van der Waals surface area contributed by atoms with Gasteiger partial charge in [-0.05, 0) is 24.6 Å². The van der Waals surface area contributed by atoms with Gasteiger partial charge in [-0.3, -0.25) is 9.69 Å². The van der Waals surface area contributed by atoms with Crippen molar-refractivity contribution < 1.29 is 4.79 Å². The second kappa shape index (κ2) is 6.06. The monoisotopic (exact) mass is 261 g/mol. The maximum atomic E-state index is 11.7. The molecular formula is C15H23N3O. The summed E-state index contributed by atoms with van der Waals surface area (Å²) in [4.78, 5) is 18.0. The molecule has 4 nitrogen and oxygen atoms in total. The molecule has 1 aliphatic heterocycles. The predicted octanol–water partition coefficient (Wildman–Crippen LogP) is 1.21. The fraction of sp³-hybridized carbons (Fsp3) is 0.533. The number of anilines is 1. The zero-order valence-corrected chi connectivity index (χ0v) is 12.1. The molecule has 0 aliphatic carbocycles. The highest BCUT2D eigenvalue weighted by molar-refractivity contribution is 5.77. The van der Waals surface area contributed by atoms with E-state index in [0.717, 1.165) is 26.2 Å². The maximum Gasteiger partial charge on any atom is 0.236 e. The number of piperazine rings is 1. The molecule has 0 spiro atoms. The van der Waals surface area contributed by atoms with Crippen molar-refractivity contribution in [1.29, 1.82) is 0 Å². The summed E-state index contributed by atoms with van der Waals surface area (Å²) < 4.78 is 0. The number of rotatable bonds is 3. The highest BCUT2D eigenvalue weighted by Crippen LogP contribution is 2.17. The summed E-state index contributed by atoms with van der Waals surface area (Å²) in [5, 5.41) is 0. The molecule has 0 saturated carbocycles. The zero-order valence-electron chi connectivity index (χ0n) is 12.1. The Kier molecular flexibility index (Phi) is 4.43. The van der Waals surface area contributed by atoms with E-state index in [4.69, 9.17) is 0 Å². The Balaban J connectivity index is 1.87. The van der Waals surface area contributed by atoms with E-state index < -0.39 is 0 Å². The number of hydrogen-bond acceptors (Lipinski definition) is 3. The Morgan fingerprint density at radius 1 is 1.21 bits per heavy atom. The summed E-state index contributed by atoms with van der Waals surface area (Å²) in [6.45, 7) is 6.54. The van der Waals surface area contributed by atoms with Crippen molar-refractivity contribution in [3.05, 3.63) is 29.8 Å². The number of amides is 1. The van der Waals surface area contributed by atoms with E-state index in [1.54, 1.807) is 4.90 Å². The van der Waals surface area contributed by atoms with Crippen molar-refractivity contribution in [3.63, 3.8) is 0 Å². The molecule has 0 N–H and O–H groups in total. The first-order valence-corrected chi connectivity index (χ1v) is 6.80. The summed E-state index contributed by atoms with van der Waals surface area (Å²) in [5.41, 5.74) is 2.58. The number of carbonyl (C=O) groups is 1. The lowest BCUT2D eigenvalue weighted by Crippen LogP contribution is -2.49. The molecule has 0 radical (unpaired) electrons. The quantitative estimate of drug-likeness (QED) is 0.818. The first kappa shape index (κ1) is 13.9. The Bertz CT molecular complexity index is 437. The third-order valence-corrected chi connectivity index (χ3v) is 3.60. The Morgan fingerprint density at radius 3 is 2.47 bits per heavy atom. The lowest BCUT2D eigenvalue weighted by atomic mass is 10.2. The molecule has 4 heteroatoms. The molecule has 1 saturated heterocycles. The van der Waals surface area contributed by atoms with Crippen LogP contribution in [0.25, 0.3) is 0 Å². The second-order valence-electron chi connectivity index (χ2n) is 5.39. The fourth-order valence-corrected chi connectivity index (χ4v) is 2.32. The molecule has 1 amide bonds. The third-order valence-electron chi connectivity index (χ3n) is 3.60. The van der Waals surface area contributed by atoms with Gasteiger partial charge in [0.1, 0.15) is 0 Å². The van der Waals surface area contributed by atoms with Crippen LogP contribution < -0.4 is 4.90 Å². The summed E-state index contributed by atoms with van der Waals surface area (Å²) in [7, 11) is 3.62.